The smallest absolute Gasteiger partial charge is 0.325 e. The molecule has 9 nitrogen and oxygen atoms in total. The Kier molecular flexibility index (Phi) is 7.68. The van der Waals surface area contributed by atoms with Gasteiger partial charge in [0, 0.05) is 5.02 Å². The summed E-state index contributed by atoms with van der Waals surface area (Å²) >= 11 is 6.31. The lowest BCUT2D eigenvalue weighted by atomic mass is 10.1. The molecule has 1 aromatic heterocycles. The third-order valence-electron chi connectivity index (χ3n) is 3.69. The second kappa shape index (κ2) is 10.2. The van der Waals surface area contributed by atoms with Crippen molar-refractivity contribution in [3.05, 3.63) is 40.8 Å². The molecule has 0 fully saturated rings. The highest BCUT2D eigenvalue weighted by atomic mass is 35.5. The van der Waals surface area contributed by atoms with Crippen LogP contribution in [0.2, 0.25) is 5.02 Å². The Labute approximate surface area is 167 Å². The van der Waals surface area contributed by atoms with Crippen LogP contribution in [0.5, 0.6) is 5.75 Å². The summed E-state index contributed by atoms with van der Waals surface area (Å²) in [5.41, 5.74) is 1.34. The average molecular weight is 403 g/mol. The quantitative estimate of drug-likeness (QED) is 0.578. The molecule has 0 aliphatic carbocycles. The zero-order chi connectivity index (χ0) is 20.5. The molecule has 146 valence electrons. The molecular weight excluding hydrogens is 384 g/mol. The van der Waals surface area contributed by atoms with Crippen molar-refractivity contribution in [2.45, 2.75) is 19.4 Å². The zero-order valence-electron chi connectivity index (χ0n) is 15.3. The van der Waals surface area contributed by atoms with Crippen LogP contribution >= 0.6 is 11.6 Å². The van der Waals surface area contributed by atoms with Gasteiger partial charge in [-0.2, -0.15) is 5.26 Å². The minimum Gasteiger partial charge on any atom is -0.495 e. The van der Waals surface area contributed by atoms with Crippen molar-refractivity contribution >= 4 is 35.4 Å². The van der Waals surface area contributed by atoms with Crippen LogP contribution < -0.4 is 20.7 Å². The Bertz CT molecular complexity index is 882. The summed E-state index contributed by atoms with van der Waals surface area (Å²) in [7, 11) is 1.48. The first-order valence-corrected chi connectivity index (χ1v) is 8.69. The Morgan fingerprint density at radius 2 is 2.14 bits per heavy atom. The number of nitrogens with zero attached hydrogens (tertiary/aromatic N) is 3. The molecule has 2 aromatic rings. The fraction of sp³-hybridized carbons (Fsp3) is 0.278. The topological polar surface area (TPSA) is 129 Å². The molecule has 0 saturated heterocycles. The van der Waals surface area contributed by atoms with Gasteiger partial charge in [-0.25, -0.2) is 14.8 Å². The SMILES string of the molecule is COc1cc(CCN[C@@H](C)C=O)c(Cl)cc1NC(=O)Nc1cnc(C#N)cn1. The van der Waals surface area contributed by atoms with E-state index in [1.807, 2.05) is 6.07 Å². The number of benzene rings is 1. The monoisotopic (exact) mass is 402 g/mol. The van der Waals surface area contributed by atoms with Crippen LogP contribution in [-0.4, -0.2) is 42.0 Å². The summed E-state index contributed by atoms with van der Waals surface area (Å²) in [5, 5.41) is 17.3. The standard InChI is InChI=1S/C18H19ClN6O3/c1-11(10-26)21-4-3-12-5-16(28-2)15(6-14(12)19)24-18(27)25-17-9-22-13(7-20)8-23-17/h5-6,8-11,21H,3-4H2,1-2H3,(H2,23,24,25,27)/t11-/m0/s1. The van der Waals surface area contributed by atoms with E-state index in [-0.39, 0.29) is 17.6 Å². The van der Waals surface area contributed by atoms with Gasteiger partial charge in [-0.05, 0) is 37.6 Å². The van der Waals surface area contributed by atoms with E-state index in [1.165, 1.54) is 19.5 Å². The van der Waals surface area contributed by atoms with Crippen LogP contribution in [0.3, 0.4) is 0 Å². The number of hydrogen-bond acceptors (Lipinski definition) is 7. The maximum absolute atomic E-state index is 12.2. The molecule has 0 bridgehead atoms. The fourth-order valence-electron chi connectivity index (χ4n) is 2.26. The highest BCUT2D eigenvalue weighted by Crippen LogP contribution is 2.31. The molecule has 1 aromatic carbocycles. The molecule has 0 spiro atoms. The van der Waals surface area contributed by atoms with E-state index in [9.17, 15) is 9.59 Å². The molecule has 3 N–H and O–H groups in total. The lowest BCUT2D eigenvalue weighted by Crippen LogP contribution is -2.29. The number of hydrogen-bond donors (Lipinski definition) is 3. The first-order chi connectivity index (χ1) is 13.5. The summed E-state index contributed by atoms with van der Waals surface area (Å²) < 4.78 is 5.33. The number of anilines is 2. The lowest BCUT2D eigenvalue weighted by molar-refractivity contribution is -0.109. The van der Waals surface area contributed by atoms with Gasteiger partial charge in [0.25, 0.3) is 0 Å². The molecule has 2 amide bonds. The first-order valence-electron chi connectivity index (χ1n) is 8.32. The number of aromatic nitrogens is 2. The summed E-state index contributed by atoms with van der Waals surface area (Å²) in [6.07, 6.45) is 3.94. The Morgan fingerprint density at radius 1 is 1.36 bits per heavy atom. The van der Waals surface area contributed by atoms with Gasteiger partial charge >= 0.3 is 6.03 Å². The summed E-state index contributed by atoms with van der Waals surface area (Å²) in [6.45, 7) is 2.33. The minimum atomic E-state index is -0.567. The second-order valence-corrected chi connectivity index (χ2v) is 6.16. The van der Waals surface area contributed by atoms with Gasteiger partial charge in [0.2, 0.25) is 0 Å². The van der Waals surface area contributed by atoms with Crippen LogP contribution in [0, 0.1) is 11.3 Å². The van der Waals surface area contributed by atoms with E-state index in [4.69, 9.17) is 21.6 Å². The van der Waals surface area contributed by atoms with Crippen molar-refractivity contribution in [3.8, 4) is 11.8 Å². The predicted octanol–water partition coefficient (Wildman–Crippen LogP) is 2.37. The second-order valence-electron chi connectivity index (χ2n) is 5.75. The Hall–Kier alpha value is -3.22. The zero-order valence-corrected chi connectivity index (χ0v) is 16.1. The van der Waals surface area contributed by atoms with Gasteiger partial charge < -0.3 is 20.2 Å². The number of amides is 2. The maximum atomic E-state index is 12.2. The van der Waals surface area contributed by atoms with Crippen LogP contribution in [0.15, 0.2) is 24.5 Å². The molecular formula is C18H19ClN6O3. The molecule has 10 heteroatoms. The van der Waals surface area contributed by atoms with E-state index in [2.05, 4.69) is 25.9 Å². The third kappa shape index (κ3) is 5.90. The average Bonchev–Trinajstić information content (AvgIpc) is 2.69. The van der Waals surface area contributed by atoms with Gasteiger partial charge in [0.05, 0.1) is 31.2 Å². The largest absolute Gasteiger partial charge is 0.495 e. The molecule has 28 heavy (non-hydrogen) atoms. The number of aldehydes is 1. The highest BCUT2D eigenvalue weighted by Gasteiger charge is 2.13. The third-order valence-corrected chi connectivity index (χ3v) is 4.04. The van der Waals surface area contributed by atoms with Crippen LogP contribution in [0.25, 0.3) is 0 Å². The molecule has 0 radical (unpaired) electrons. The predicted molar refractivity (Wildman–Crippen MR) is 105 cm³/mol. The number of carbonyl (C=O) groups is 2. The van der Waals surface area contributed by atoms with E-state index < -0.39 is 6.03 Å². The highest BCUT2D eigenvalue weighted by molar-refractivity contribution is 6.31. The number of urea groups is 1. The Balaban J connectivity index is 2.05. The minimum absolute atomic E-state index is 0.145. The molecule has 0 aliphatic rings. The summed E-state index contributed by atoms with van der Waals surface area (Å²) in [6, 6.07) is 4.35. The molecule has 2 rings (SSSR count). The number of methoxy groups -OCH3 is 1. The van der Waals surface area contributed by atoms with E-state index in [0.29, 0.717) is 29.4 Å². The first kappa shape index (κ1) is 21.1. The van der Waals surface area contributed by atoms with E-state index >= 15 is 0 Å². The van der Waals surface area contributed by atoms with Crippen molar-refractivity contribution < 1.29 is 14.3 Å². The number of halogens is 1. The normalized spacial score (nSPS) is 11.2. The van der Waals surface area contributed by atoms with Gasteiger partial charge in [-0.3, -0.25) is 5.32 Å². The number of ether oxygens (including phenoxy) is 1. The number of nitrogens with one attached hydrogen (secondary N) is 3. The van der Waals surface area contributed by atoms with E-state index in [1.54, 1.807) is 19.1 Å². The maximum Gasteiger partial charge on any atom is 0.325 e. The summed E-state index contributed by atoms with van der Waals surface area (Å²) in [5.74, 6) is 0.623. The van der Waals surface area contributed by atoms with Gasteiger partial charge in [-0.1, -0.05) is 11.6 Å². The van der Waals surface area contributed by atoms with Crippen molar-refractivity contribution in [3.63, 3.8) is 0 Å². The number of rotatable bonds is 8. The fourth-order valence-corrected chi connectivity index (χ4v) is 2.51. The van der Waals surface area contributed by atoms with Gasteiger partial charge in [-0.15, -0.1) is 0 Å². The van der Waals surface area contributed by atoms with Crippen LogP contribution in [0.1, 0.15) is 18.2 Å². The molecule has 1 heterocycles. The van der Waals surface area contributed by atoms with Crippen molar-refractivity contribution in [2.24, 2.45) is 0 Å². The Morgan fingerprint density at radius 3 is 2.75 bits per heavy atom. The molecule has 1 atom stereocenters. The van der Waals surface area contributed by atoms with Crippen LogP contribution in [-0.2, 0) is 11.2 Å². The summed E-state index contributed by atoms with van der Waals surface area (Å²) in [4.78, 5) is 30.6. The van der Waals surface area contributed by atoms with Crippen molar-refractivity contribution in [1.29, 1.82) is 5.26 Å². The van der Waals surface area contributed by atoms with Crippen molar-refractivity contribution in [1.82, 2.24) is 15.3 Å². The number of carbonyl (C=O) groups excluding carboxylic acids is 2. The van der Waals surface area contributed by atoms with Gasteiger partial charge in [0.15, 0.2) is 11.5 Å². The molecule has 0 aliphatic heterocycles. The number of nitriles is 1. The molecule has 0 unspecified atom stereocenters. The van der Waals surface area contributed by atoms with E-state index in [0.717, 1.165) is 11.8 Å². The van der Waals surface area contributed by atoms with Crippen molar-refractivity contribution in [2.75, 3.05) is 24.3 Å². The lowest BCUT2D eigenvalue weighted by Gasteiger charge is -2.14. The van der Waals surface area contributed by atoms with Crippen LogP contribution in [0.4, 0.5) is 16.3 Å². The van der Waals surface area contributed by atoms with Gasteiger partial charge in [0.1, 0.15) is 18.1 Å². The molecule has 0 saturated carbocycles.